The van der Waals surface area contributed by atoms with Gasteiger partial charge in [-0.1, -0.05) is 29.8 Å². The maximum Gasteiger partial charge on any atom is 0.228 e. The van der Waals surface area contributed by atoms with Gasteiger partial charge in [-0.15, -0.1) is 0 Å². The molecule has 5 heteroatoms. The molecule has 0 aliphatic carbocycles. The Balaban J connectivity index is 1.86. The van der Waals surface area contributed by atoms with E-state index in [0.29, 0.717) is 10.7 Å². The Bertz CT molecular complexity index is 839. The third-order valence-electron chi connectivity index (χ3n) is 4.77. The minimum atomic E-state index is 0.260. The number of amidine groups is 1. The van der Waals surface area contributed by atoms with Gasteiger partial charge in [0.2, 0.25) is 12.3 Å². The fourth-order valence-corrected chi connectivity index (χ4v) is 3.70. The Morgan fingerprint density at radius 2 is 1.76 bits per heavy atom. The number of halogens is 1. The van der Waals surface area contributed by atoms with Gasteiger partial charge in [0.25, 0.3) is 0 Å². The van der Waals surface area contributed by atoms with Crippen LogP contribution >= 0.6 is 11.6 Å². The van der Waals surface area contributed by atoms with Gasteiger partial charge in [0.15, 0.2) is 5.84 Å². The molecule has 0 bridgehead atoms. The highest BCUT2D eigenvalue weighted by Crippen LogP contribution is 2.29. The number of aliphatic imine (C=N–C) groups is 1. The SMILES string of the molecule is [O-][N+]1=C(c2ccccc2)c2cc(Cl)ccc2N=C(N2CCCCC2)C1. The molecular formula is C20H20ClN3O. The van der Waals surface area contributed by atoms with Crippen LogP contribution in [0.25, 0.3) is 0 Å². The van der Waals surface area contributed by atoms with Crippen molar-refractivity contribution in [2.45, 2.75) is 19.3 Å². The zero-order chi connectivity index (χ0) is 17.2. The van der Waals surface area contributed by atoms with Crippen LogP contribution in [0.3, 0.4) is 0 Å². The van der Waals surface area contributed by atoms with E-state index in [1.165, 1.54) is 6.42 Å². The molecule has 128 valence electrons. The van der Waals surface area contributed by atoms with E-state index in [9.17, 15) is 5.21 Å². The molecule has 0 radical (unpaired) electrons. The summed E-state index contributed by atoms with van der Waals surface area (Å²) in [5, 5.41) is 13.7. The predicted octanol–water partition coefficient (Wildman–Crippen LogP) is 4.22. The van der Waals surface area contributed by atoms with Gasteiger partial charge in [-0.2, -0.15) is 4.74 Å². The third-order valence-corrected chi connectivity index (χ3v) is 5.00. The van der Waals surface area contributed by atoms with Crippen LogP contribution in [0.4, 0.5) is 5.69 Å². The summed E-state index contributed by atoms with van der Waals surface area (Å²) in [6.45, 7) is 2.20. The first-order valence-corrected chi connectivity index (χ1v) is 9.09. The lowest BCUT2D eigenvalue weighted by Crippen LogP contribution is -2.40. The summed E-state index contributed by atoms with van der Waals surface area (Å²) < 4.78 is 1.06. The van der Waals surface area contributed by atoms with E-state index in [2.05, 4.69) is 4.90 Å². The third kappa shape index (κ3) is 3.27. The van der Waals surface area contributed by atoms with Gasteiger partial charge in [-0.25, -0.2) is 4.99 Å². The summed E-state index contributed by atoms with van der Waals surface area (Å²) in [5.74, 6) is 0.851. The molecule has 2 aromatic carbocycles. The summed E-state index contributed by atoms with van der Waals surface area (Å²) in [5.41, 5.74) is 3.12. The first-order chi connectivity index (χ1) is 12.2. The summed E-state index contributed by atoms with van der Waals surface area (Å²) in [4.78, 5) is 7.10. The molecule has 2 aromatic rings. The first kappa shape index (κ1) is 16.2. The predicted molar refractivity (Wildman–Crippen MR) is 102 cm³/mol. The van der Waals surface area contributed by atoms with Crippen molar-refractivity contribution in [2.24, 2.45) is 4.99 Å². The van der Waals surface area contributed by atoms with Crippen LogP contribution in [0.15, 0.2) is 53.5 Å². The van der Waals surface area contributed by atoms with Crippen LogP contribution in [-0.4, -0.2) is 40.8 Å². The molecule has 1 saturated heterocycles. The van der Waals surface area contributed by atoms with Crippen molar-refractivity contribution in [1.29, 1.82) is 0 Å². The largest absolute Gasteiger partial charge is 0.623 e. The van der Waals surface area contributed by atoms with Gasteiger partial charge in [0.1, 0.15) is 0 Å². The molecule has 0 saturated carbocycles. The smallest absolute Gasteiger partial charge is 0.228 e. The lowest BCUT2D eigenvalue weighted by molar-refractivity contribution is -0.440. The van der Waals surface area contributed by atoms with Crippen molar-refractivity contribution in [2.75, 3.05) is 19.6 Å². The fourth-order valence-electron chi connectivity index (χ4n) is 3.53. The second-order valence-corrected chi connectivity index (χ2v) is 6.92. The zero-order valence-corrected chi connectivity index (χ0v) is 14.7. The van der Waals surface area contributed by atoms with E-state index in [0.717, 1.165) is 53.3 Å². The van der Waals surface area contributed by atoms with Gasteiger partial charge >= 0.3 is 0 Å². The lowest BCUT2D eigenvalue weighted by atomic mass is 10.0. The monoisotopic (exact) mass is 353 g/mol. The zero-order valence-electron chi connectivity index (χ0n) is 14.0. The van der Waals surface area contributed by atoms with Crippen molar-refractivity contribution in [1.82, 2.24) is 4.90 Å². The Kier molecular flexibility index (Phi) is 4.45. The summed E-state index contributed by atoms with van der Waals surface area (Å²) in [6, 6.07) is 15.3. The second kappa shape index (κ2) is 6.89. The quantitative estimate of drug-likeness (QED) is 0.569. The topological polar surface area (TPSA) is 41.7 Å². The fraction of sp³-hybridized carbons (Fsp3) is 0.300. The van der Waals surface area contributed by atoms with Crippen molar-refractivity contribution in [3.63, 3.8) is 0 Å². The summed E-state index contributed by atoms with van der Waals surface area (Å²) >= 11 is 6.22. The van der Waals surface area contributed by atoms with Crippen LogP contribution in [0.5, 0.6) is 0 Å². The molecule has 0 amide bonds. The molecule has 0 unspecified atom stereocenters. The minimum Gasteiger partial charge on any atom is -0.623 e. The minimum absolute atomic E-state index is 0.260. The van der Waals surface area contributed by atoms with E-state index >= 15 is 0 Å². The van der Waals surface area contributed by atoms with E-state index in [4.69, 9.17) is 16.6 Å². The van der Waals surface area contributed by atoms with Gasteiger partial charge < -0.3 is 10.1 Å². The highest BCUT2D eigenvalue weighted by molar-refractivity contribution is 6.31. The molecule has 2 aliphatic rings. The van der Waals surface area contributed by atoms with Crippen LogP contribution < -0.4 is 0 Å². The van der Waals surface area contributed by atoms with Gasteiger partial charge in [-0.05, 0) is 49.6 Å². The molecule has 0 spiro atoms. The van der Waals surface area contributed by atoms with Crippen LogP contribution in [-0.2, 0) is 0 Å². The Hall–Kier alpha value is -2.33. The van der Waals surface area contributed by atoms with Crippen molar-refractivity contribution >= 4 is 28.8 Å². The molecule has 0 atom stereocenters. The standard InChI is InChI=1S/C20H20ClN3O/c21-16-9-10-18-17(13-16)20(15-7-3-1-4-8-15)24(25)14-19(22-18)23-11-5-2-6-12-23/h1,3-4,7-10,13H,2,5-6,11-12,14H2. The number of hydrogen-bond donors (Lipinski definition) is 0. The molecule has 4 nitrogen and oxygen atoms in total. The van der Waals surface area contributed by atoms with Crippen molar-refractivity contribution in [3.8, 4) is 0 Å². The Morgan fingerprint density at radius 1 is 1.00 bits per heavy atom. The maximum atomic E-state index is 13.1. The normalized spacial score (nSPS) is 17.8. The van der Waals surface area contributed by atoms with E-state index in [-0.39, 0.29) is 6.54 Å². The number of likely N-dealkylation sites (tertiary alicyclic amines) is 1. The molecule has 1 fully saturated rings. The number of hydrogen-bond acceptors (Lipinski definition) is 3. The van der Waals surface area contributed by atoms with Gasteiger partial charge in [-0.3, -0.25) is 0 Å². The van der Waals surface area contributed by atoms with Gasteiger partial charge in [0.05, 0.1) is 11.3 Å². The van der Waals surface area contributed by atoms with Crippen molar-refractivity contribution < 1.29 is 4.74 Å². The number of hydroxylamine groups is 1. The first-order valence-electron chi connectivity index (χ1n) is 8.72. The van der Waals surface area contributed by atoms with E-state index in [1.807, 2.05) is 48.5 Å². The number of piperidine rings is 1. The Morgan fingerprint density at radius 3 is 2.52 bits per heavy atom. The number of benzene rings is 2. The van der Waals surface area contributed by atoms with Crippen LogP contribution in [0.2, 0.25) is 5.02 Å². The lowest BCUT2D eigenvalue weighted by Gasteiger charge is -2.28. The molecule has 4 rings (SSSR count). The molecular weight excluding hydrogens is 334 g/mol. The Labute approximate surface area is 152 Å². The van der Waals surface area contributed by atoms with E-state index in [1.54, 1.807) is 0 Å². The molecule has 2 heterocycles. The highest BCUT2D eigenvalue weighted by atomic mass is 35.5. The number of rotatable bonds is 1. The number of fused-ring (bicyclic) bond motifs is 1. The second-order valence-electron chi connectivity index (χ2n) is 6.49. The van der Waals surface area contributed by atoms with Crippen molar-refractivity contribution in [3.05, 3.63) is 69.9 Å². The van der Waals surface area contributed by atoms with Crippen LogP contribution in [0, 0.1) is 5.21 Å². The maximum absolute atomic E-state index is 13.1. The van der Waals surface area contributed by atoms with E-state index < -0.39 is 0 Å². The highest BCUT2D eigenvalue weighted by Gasteiger charge is 2.27. The number of nitrogens with zero attached hydrogens (tertiary/aromatic N) is 3. The molecule has 0 N–H and O–H groups in total. The summed E-state index contributed by atoms with van der Waals surface area (Å²) in [6.07, 6.45) is 3.56. The average Bonchev–Trinajstić information content (AvgIpc) is 2.79. The molecule has 0 aromatic heterocycles. The van der Waals surface area contributed by atoms with Crippen LogP contribution in [0.1, 0.15) is 30.4 Å². The average molecular weight is 354 g/mol. The molecule has 2 aliphatic heterocycles. The summed E-state index contributed by atoms with van der Waals surface area (Å²) in [7, 11) is 0. The van der Waals surface area contributed by atoms with Gasteiger partial charge in [0, 0.05) is 23.7 Å². The molecule has 25 heavy (non-hydrogen) atoms.